The smallest absolute Gasteiger partial charge is 0.278 e. The van der Waals surface area contributed by atoms with Crippen molar-refractivity contribution in [3.63, 3.8) is 0 Å². The summed E-state index contributed by atoms with van der Waals surface area (Å²) in [4.78, 5) is 36.5. The van der Waals surface area contributed by atoms with Gasteiger partial charge in [0, 0.05) is 38.9 Å². The summed E-state index contributed by atoms with van der Waals surface area (Å²) in [5.74, 6) is 0.0799. The molecule has 2 amide bonds. The molecule has 162 valence electrons. The maximum absolute atomic E-state index is 13.4. The van der Waals surface area contributed by atoms with Crippen molar-refractivity contribution in [2.75, 3.05) is 46.4 Å². The molecule has 4 rings (SSSR count). The van der Waals surface area contributed by atoms with Crippen molar-refractivity contribution < 1.29 is 19.4 Å². The van der Waals surface area contributed by atoms with Gasteiger partial charge in [-0.2, -0.15) is 0 Å². The minimum atomic E-state index is -0.311. The van der Waals surface area contributed by atoms with E-state index >= 15 is 0 Å². The van der Waals surface area contributed by atoms with E-state index in [9.17, 15) is 14.7 Å². The van der Waals surface area contributed by atoms with Crippen molar-refractivity contribution in [3.8, 4) is 5.75 Å². The molecule has 1 N–H and O–H groups in total. The molecule has 0 atom stereocenters. The Kier molecular flexibility index (Phi) is 6.29. The first kappa shape index (κ1) is 21.0. The number of hydrogen-bond acceptors (Lipinski definition) is 7. The van der Waals surface area contributed by atoms with Crippen LogP contribution in [0.1, 0.15) is 11.3 Å². The van der Waals surface area contributed by atoms with Crippen LogP contribution in [-0.4, -0.2) is 83.0 Å². The molecule has 1 fully saturated rings. The predicted molar refractivity (Wildman–Crippen MR) is 115 cm³/mol. The number of nitrogens with zero attached hydrogens (tertiary/aromatic N) is 4. The van der Waals surface area contributed by atoms with Crippen LogP contribution in [0.25, 0.3) is 5.57 Å². The minimum absolute atomic E-state index is 0.106. The van der Waals surface area contributed by atoms with E-state index in [1.165, 1.54) is 4.90 Å². The predicted octanol–water partition coefficient (Wildman–Crippen LogP) is 0.980. The van der Waals surface area contributed by atoms with Crippen LogP contribution in [0, 0.1) is 0 Å². The summed E-state index contributed by atoms with van der Waals surface area (Å²) in [6.07, 6.45) is 1.65. The lowest BCUT2D eigenvalue weighted by Crippen LogP contribution is -2.48. The zero-order valence-corrected chi connectivity index (χ0v) is 17.5. The van der Waals surface area contributed by atoms with Crippen LogP contribution in [0.3, 0.4) is 0 Å². The molecule has 8 heteroatoms. The van der Waals surface area contributed by atoms with Crippen molar-refractivity contribution in [3.05, 3.63) is 65.6 Å². The fourth-order valence-corrected chi connectivity index (χ4v) is 4.01. The second kappa shape index (κ2) is 9.28. The minimum Gasteiger partial charge on any atom is -0.497 e. The molecule has 8 nitrogen and oxygen atoms in total. The highest BCUT2D eigenvalue weighted by atomic mass is 16.5. The van der Waals surface area contributed by atoms with E-state index in [0.717, 1.165) is 13.1 Å². The van der Waals surface area contributed by atoms with Gasteiger partial charge >= 0.3 is 0 Å². The Labute approximate surface area is 181 Å². The standard InChI is InChI=1S/C23H26N4O4/c1-31-19-7-5-17(6-8-19)20-21(26-12-10-25(11-13-26)14-15-28)23(30)27(22(20)29)16-18-4-2-3-9-24-18/h2-9,28H,10-16H2,1H3. The number of carbonyl (C=O) groups excluding carboxylic acids is 2. The van der Waals surface area contributed by atoms with Crippen molar-refractivity contribution in [1.82, 2.24) is 19.7 Å². The fourth-order valence-electron chi connectivity index (χ4n) is 4.01. The lowest BCUT2D eigenvalue weighted by molar-refractivity contribution is -0.138. The molecule has 1 aromatic carbocycles. The molecule has 2 aliphatic heterocycles. The number of aromatic nitrogens is 1. The number of ether oxygens (including phenoxy) is 1. The average molecular weight is 422 g/mol. The largest absolute Gasteiger partial charge is 0.497 e. The van der Waals surface area contributed by atoms with Crippen LogP contribution >= 0.6 is 0 Å². The number of hydrogen-bond donors (Lipinski definition) is 1. The number of benzene rings is 1. The quantitative estimate of drug-likeness (QED) is 0.666. The highest BCUT2D eigenvalue weighted by Crippen LogP contribution is 2.33. The molecule has 2 aromatic rings. The van der Waals surface area contributed by atoms with Gasteiger partial charge in [-0.3, -0.25) is 24.4 Å². The first-order valence-corrected chi connectivity index (χ1v) is 10.4. The Morgan fingerprint density at radius 3 is 2.35 bits per heavy atom. The SMILES string of the molecule is COc1ccc(C2=C(N3CCN(CCO)CC3)C(=O)N(Cc3ccccn3)C2=O)cc1. The molecule has 2 aliphatic rings. The monoisotopic (exact) mass is 422 g/mol. The van der Waals surface area contributed by atoms with Gasteiger partial charge in [0.1, 0.15) is 11.4 Å². The molecule has 31 heavy (non-hydrogen) atoms. The third-order valence-electron chi connectivity index (χ3n) is 5.67. The van der Waals surface area contributed by atoms with Gasteiger partial charge in [-0.05, 0) is 29.8 Å². The zero-order valence-electron chi connectivity index (χ0n) is 17.5. The number of rotatable bonds is 7. The average Bonchev–Trinajstić information content (AvgIpc) is 3.05. The Bertz CT molecular complexity index is 967. The van der Waals surface area contributed by atoms with E-state index in [-0.39, 0.29) is 25.0 Å². The number of amides is 2. The van der Waals surface area contributed by atoms with Gasteiger partial charge in [0.25, 0.3) is 11.8 Å². The maximum atomic E-state index is 13.4. The molecular weight excluding hydrogens is 396 g/mol. The first-order chi connectivity index (χ1) is 15.1. The summed E-state index contributed by atoms with van der Waals surface area (Å²) in [7, 11) is 1.59. The van der Waals surface area contributed by atoms with Crippen LogP contribution in [0.2, 0.25) is 0 Å². The van der Waals surface area contributed by atoms with Crippen molar-refractivity contribution in [1.29, 1.82) is 0 Å². The number of β-amino-alcohol motifs (C(OH)–C–C–N with tert-alkyl or cyclic N) is 1. The van der Waals surface area contributed by atoms with Gasteiger partial charge in [0.15, 0.2) is 0 Å². The maximum Gasteiger partial charge on any atom is 0.278 e. The van der Waals surface area contributed by atoms with Crippen LogP contribution < -0.4 is 4.74 Å². The summed E-state index contributed by atoms with van der Waals surface area (Å²) in [6.45, 7) is 3.53. The number of piperazine rings is 1. The van der Waals surface area contributed by atoms with Crippen molar-refractivity contribution in [2.45, 2.75) is 6.54 Å². The molecule has 0 unspecified atom stereocenters. The Hall–Kier alpha value is -3.23. The van der Waals surface area contributed by atoms with Crippen LogP contribution in [-0.2, 0) is 16.1 Å². The summed E-state index contributed by atoms with van der Waals surface area (Å²) in [5.41, 5.74) is 2.21. The molecule has 1 aromatic heterocycles. The summed E-state index contributed by atoms with van der Waals surface area (Å²) >= 11 is 0. The lowest BCUT2D eigenvalue weighted by Gasteiger charge is -2.36. The third kappa shape index (κ3) is 4.30. The van der Waals surface area contributed by atoms with Gasteiger partial charge in [-0.1, -0.05) is 18.2 Å². The van der Waals surface area contributed by atoms with E-state index in [1.807, 2.05) is 23.1 Å². The van der Waals surface area contributed by atoms with Crippen LogP contribution in [0.15, 0.2) is 54.4 Å². The van der Waals surface area contributed by atoms with E-state index in [0.29, 0.717) is 47.9 Å². The second-order valence-electron chi connectivity index (χ2n) is 7.52. The highest BCUT2D eigenvalue weighted by molar-refractivity contribution is 6.35. The molecule has 0 aliphatic carbocycles. The summed E-state index contributed by atoms with van der Waals surface area (Å²) in [5, 5.41) is 9.19. The Balaban J connectivity index is 1.67. The highest BCUT2D eigenvalue weighted by Gasteiger charge is 2.42. The first-order valence-electron chi connectivity index (χ1n) is 10.4. The Morgan fingerprint density at radius 1 is 1.00 bits per heavy atom. The van der Waals surface area contributed by atoms with Gasteiger partial charge in [-0.15, -0.1) is 0 Å². The number of aliphatic hydroxyl groups excluding tert-OH is 1. The van der Waals surface area contributed by atoms with Crippen LogP contribution in [0.5, 0.6) is 5.75 Å². The number of pyridine rings is 1. The van der Waals surface area contributed by atoms with Crippen LogP contribution in [0.4, 0.5) is 0 Å². The summed E-state index contributed by atoms with van der Waals surface area (Å²) < 4.78 is 5.23. The van der Waals surface area contributed by atoms with Gasteiger partial charge in [0.05, 0.1) is 31.5 Å². The van der Waals surface area contributed by atoms with Gasteiger partial charge in [-0.25, -0.2) is 0 Å². The van der Waals surface area contributed by atoms with E-state index in [2.05, 4.69) is 9.88 Å². The zero-order chi connectivity index (χ0) is 21.8. The fraction of sp³-hybridized carbons (Fsp3) is 0.348. The topological polar surface area (TPSA) is 86.2 Å². The molecule has 1 saturated heterocycles. The van der Waals surface area contributed by atoms with Crippen molar-refractivity contribution >= 4 is 17.4 Å². The van der Waals surface area contributed by atoms with E-state index in [4.69, 9.17) is 4.74 Å². The molecule has 0 radical (unpaired) electrons. The number of imide groups is 1. The molecule has 0 spiro atoms. The summed E-state index contributed by atoms with van der Waals surface area (Å²) in [6, 6.07) is 12.6. The number of aliphatic hydroxyl groups is 1. The van der Waals surface area contributed by atoms with Gasteiger partial charge in [0.2, 0.25) is 0 Å². The Morgan fingerprint density at radius 2 is 1.74 bits per heavy atom. The normalized spacial score (nSPS) is 17.6. The van der Waals surface area contributed by atoms with E-state index in [1.54, 1.807) is 37.6 Å². The molecule has 3 heterocycles. The second-order valence-corrected chi connectivity index (χ2v) is 7.52. The molecule has 0 bridgehead atoms. The lowest BCUT2D eigenvalue weighted by atomic mass is 10.0. The number of methoxy groups -OCH3 is 1. The third-order valence-corrected chi connectivity index (χ3v) is 5.67. The number of carbonyl (C=O) groups is 2. The molecular formula is C23H26N4O4. The molecule has 0 saturated carbocycles. The van der Waals surface area contributed by atoms with Crippen molar-refractivity contribution in [2.24, 2.45) is 0 Å². The van der Waals surface area contributed by atoms with Gasteiger partial charge < -0.3 is 14.7 Å². The van der Waals surface area contributed by atoms with E-state index < -0.39 is 0 Å².